The Kier molecular flexibility index (Phi) is 10.5. The van der Waals surface area contributed by atoms with Gasteiger partial charge in [-0.1, -0.05) is 0 Å². The third-order valence-corrected chi connectivity index (χ3v) is 25.8. The summed E-state index contributed by atoms with van der Waals surface area (Å²) in [5.74, 6) is 0. The van der Waals surface area contributed by atoms with Crippen LogP contribution >= 0.6 is 0 Å². The molecule has 27 heavy (non-hydrogen) atoms. The Hall–Kier alpha value is 1.28. The minimum absolute atomic E-state index is 0.801. The molecule has 0 rings (SSSR count). The summed E-state index contributed by atoms with van der Waals surface area (Å²) < 4.78 is 38.1. The van der Waals surface area contributed by atoms with Crippen molar-refractivity contribution >= 4 is 60.9 Å². The van der Waals surface area contributed by atoms with Crippen molar-refractivity contribution in [3.05, 3.63) is 0 Å². The van der Waals surface area contributed by atoms with E-state index in [-0.39, 0.29) is 0 Å². The summed E-state index contributed by atoms with van der Waals surface area (Å²) in [7, 11) is -13.2. The fourth-order valence-electron chi connectivity index (χ4n) is 3.46. The molecule has 162 valence electrons. The van der Waals surface area contributed by atoms with Crippen LogP contribution in [-0.4, -0.2) is 60.9 Å². The summed E-state index contributed by atoms with van der Waals surface area (Å²) in [6.45, 7) is 29.4. The van der Waals surface area contributed by atoms with E-state index in [4.69, 9.17) is 24.7 Å². The lowest BCUT2D eigenvalue weighted by Gasteiger charge is -2.42. The number of rotatable bonds is 12. The second-order valence-electron chi connectivity index (χ2n) is 9.43. The lowest BCUT2D eigenvalue weighted by Crippen LogP contribution is -2.59. The summed E-state index contributed by atoms with van der Waals surface area (Å²) in [6, 6.07) is 0. The van der Waals surface area contributed by atoms with Gasteiger partial charge in [0.1, 0.15) is 0 Å². The van der Waals surface area contributed by atoms with E-state index < -0.39 is 60.9 Å². The Morgan fingerprint density at radius 3 is 0.741 bits per heavy atom. The Morgan fingerprint density at radius 1 is 0.370 bits per heavy atom. The highest BCUT2D eigenvalue weighted by atomic mass is 28.5. The van der Waals surface area contributed by atoms with Gasteiger partial charge in [-0.2, -0.15) is 0 Å². The van der Waals surface area contributed by atoms with Gasteiger partial charge in [-0.25, -0.2) is 0 Å². The van der Waals surface area contributed by atoms with Crippen molar-refractivity contribution in [1.82, 2.24) is 0 Å². The van der Waals surface area contributed by atoms with Crippen LogP contribution in [0, 0.1) is 0 Å². The van der Waals surface area contributed by atoms with Crippen molar-refractivity contribution in [3.8, 4) is 0 Å². The molecule has 2 radical (unpaired) electrons. The molecular formula is C14H42O6Si7. The zero-order valence-electron chi connectivity index (χ0n) is 19.9. The van der Waals surface area contributed by atoms with Crippen LogP contribution in [0.25, 0.3) is 0 Å². The maximum absolute atomic E-state index is 6.51. The number of hydrogen-bond acceptors (Lipinski definition) is 6. The van der Waals surface area contributed by atoms with E-state index in [2.05, 4.69) is 91.7 Å². The van der Waals surface area contributed by atoms with Crippen LogP contribution in [0.5, 0.6) is 0 Å². The van der Waals surface area contributed by atoms with Gasteiger partial charge < -0.3 is 24.7 Å². The normalized spacial score (nSPS) is 15.1. The monoisotopic (exact) mass is 502 g/mol. The molecule has 0 amide bonds. The van der Waals surface area contributed by atoms with E-state index in [1.54, 1.807) is 0 Å². The molecule has 0 atom stereocenters. The second-order valence-corrected chi connectivity index (χ2v) is 32.0. The van der Waals surface area contributed by atoms with E-state index in [0.717, 1.165) is 0 Å². The van der Waals surface area contributed by atoms with Crippen molar-refractivity contribution in [1.29, 1.82) is 0 Å². The van der Waals surface area contributed by atoms with Gasteiger partial charge in [-0.15, -0.1) is 0 Å². The van der Waals surface area contributed by atoms with Gasteiger partial charge in [-0.05, 0) is 91.7 Å². The smallest absolute Gasteiger partial charge is 0.314 e. The highest BCUT2D eigenvalue weighted by Gasteiger charge is 2.46. The van der Waals surface area contributed by atoms with Gasteiger partial charge in [0.05, 0.1) is 0 Å². The van der Waals surface area contributed by atoms with Gasteiger partial charge in [0.2, 0.25) is 0 Å². The first-order valence-corrected chi connectivity index (χ1v) is 28.3. The summed E-state index contributed by atoms with van der Waals surface area (Å²) in [5, 5.41) is 0. The Bertz CT molecular complexity index is 429. The highest BCUT2D eigenvalue weighted by Crippen LogP contribution is 2.26. The molecule has 0 spiro atoms. The van der Waals surface area contributed by atoms with Crippen molar-refractivity contribution in [2.45, 2.75) is 91.7 Å². The summed E-state index contributed by atoms with van der Waals surface area (Å²) >= 11 is 0. The molecule has 6 nitrogen and oxygen atoms in total. The van der Waals surface area contributed by atoms with E-state index >= 15 is 0 Å². The van der Waals surface area contributed by atoms with Gasteiger partial charge in [0, 0.05) is 0 Å². The molecule has 0 aliphatic rings. The summed E-state index contributed by atoms with van der Waals surface area (Å²) in [5.41, 5.74) is 0. The Morgan fingerprint density at radius 2 is 0.556 bits per heavy atom. The Labute approximate surface area is 177 Å². The lowest BCUT2D eigenvalue weighted by molar-refractivity contribution is 0.273. The van der Waals surface area contributed by atoms with Crippen molar-refractivity contribution in [2.24, 2.45) is 0 Å². The first-order chi connectivity index (χ1) is 11.7. The van der Waals surface area contributed by atoms with Gasteiger partial charge in [0.15, 0.2) is 18.1 Å². The minimum atomic E-state index is -2.43. The molecular weight excluding hydrogens is 461 g/mol. The molecule has 0 saturated heterocycles. The third kappa shape index (κ3) is 14.0. The van der Waals surface area contributed by atoms with Crippen LogP contribution in [0.4, 0.5) is 0 Å². The van der Waals surface area contributed by atoms with E-state index in [1.807, 2.05) is 0 Å². The molecule has 0 saturated carbocycles. The standard InChI is InChI=1S/C14H42O6Si7/c1-21(2)15-23(5,6)17-25(9,10)19-27(13,14)20-26(11,12)18-24(7,8)16-22(3)4/h1-14H3. The molecule has 0 heterocycles. The molecule has 0 aromatic heterocycles. The van der Waals surface area contributed by atoms with E-state index in [1.165, 1.54) is 0 Å². The van der Waals surface area contributed by atoms with Crippen LogP contribution in [0.3, 0.4) is 0 Å². The van der Waals surface area contributed by atoms with E-state index in [0.29, 0.717) is 0 Å². The lowest BCUT2D eigenvalue weighted by atomic mass is 11.9. The zero-order valence-corrected chi connectivity index (χ0v) is 26.9. The van der Waals surface area contributed by atoms with Crippen molar-refractivity contribution in [2.75, 3.05) is 0 Å². The van der Waals surface area contributed by atoms with Gasteiger partial charge >= 0.3 is 42.8 Å². The molecule has 0 aliphatic heterocycles. The predicted octanol–water partition coefficient (Wildman–Crippen LogP) is 5.10. The fraction of sp³-hybridized carbons (Fsp3) is 1.00. The quantitative estimate of drug-likeness (QED) is 0.346. The molecule has 0 fully saturated rings. The van der Waals surface area contributed by atoms with Crippen molar-refractivity contribution in [3.63, 3.8) is 0 Å². The molecule has 0 unspecified atom stereocenters. The molecule has 0 aliphatic carbocycles. The average molecular weight is 503 g/mol. The molecule has 0 bridgehead atoms. The highest BCUT2D eigenvalue weighted by molar-refractivity contribution is 6.90. The third-order valence-electron chi connectivity index (χ3n) is 2.87. The average Bonchev–Trinajstić information content (AvgIpc) is 2.14. The first-order valence-electron chi connectivity index (χ1n) is 9.45. The molecule has 0 aromatic rings. The molecule has 0 aromatic carbocycles. The predicted molar refractivity (Wildman–Crippen MR) is 129 cm³/mol. The van der Waals surface area contributed by atoms with Crippen LogP contribution < -0.4 is 0 Å². The zero-order chi connectivity index (χ0) is 21.9. The van der Waals surface area contributed by atoms with Crippen LogP contribution in [0.2, 0.25) is 91.7 Å². The first kappa shape index (κ1) is 28.3. The van der Waals surface area contributed by atoms with Crippen molar-refractivity contribution < 1.29 is 24.7 Å². The van der Waals surface area contributed by atoms with Crippen LogP contribution in [0.15, 0.2) is 0 Å². The van der Waals surface area contributed by atoms with Gasteiger partial charge in [0.25, 0.3) is 0 Å². The number of hydrogen-bond donors (Lipinski definition) is 0. The topological polar surface area (TPSA) is 55.4 Å². The summed E-state index contributed by atoms with van der Waals surface area (Å²) in [6.07, 6.45) is 0. The maximum atomic E-state index is 6.51. The largest absolute Gasteiger partial charge is 0.437 e. The van der Waals surface area contributed by atoms with Crippen LogP contribution in [-0.2, 0) is 24.7 Å². The van der Waals surface area contributed by atoms with Crippen LogP contribution in [0.1, 0.15) is 0 Å². The maximum Gasteiger partial charge on any atom is 0.314 e. The summed E-state index contributed by atoms with van der Waals surface area (Å²) in [4.78, 5) is 0. The second kappa shape index (κ2) is 10.1. The minimum Gasteiger partial charge on any atom is -0.437 e. The molecule has 13 heteroatoms. The molecule has 0 N–H and O–H groups in total. The fourth-order valence-corrected chi connectivity index (χ4v) is 33.0. The Balaban J connectivity index is 5.03. The van der Waals surface area contributed by atoms with Gasteiger partial charge in [-0.3, -0.25) is 0 Å². The SMILES string of the molecule is C[Si](C)O[Si](C)(C)O[Si](C)(C)O[Si](C)(C)O[Si](C)(C)O[Si](C)(C)O[Si](C)C. The van der Waals surface area contributed by atoms with E-state index in [9.17, 15) is 0 Å².